The van der Waals surface area contributed by atoms with E-state index in [9.17, 15) is 14.0 Å². The molecular weight excluding hydrogens is 397 g/mol. The SMILES string of the molecule is Cc1cnc(Nc2ccc(C(C)C)c(F)c2)nc1N(C1CCCC1)C1CC(=O)NC1=O. The van der Waals surface area contributed by atoms with Crippen LogP contribution in [0.3, 0.4) is 0 Å². The third kappa shape index (κ3) is 4.38. The van der Waals surface area contributed by atoms with Crippen molar-refractivity contribution in [1.82, 2.24) is 15.3 Å². The highest BCUT2D eigenvalue weighted by atomic mass is 19.1. The first-order chi connectivity index (χ1) is 14.8. The van der Waals surface area contributed by atoms with Crippen LogP contribution in [0, 0.1) is 12.7 Å². The smallest absolute Gasteiger partial charge is 0.249 e. The van der Waals surface area contributed by atoms with Crippen molar-refractivity contribution >= 4 is 29.3 Å². The molecule has 2 aromatic rings. The number of halogens is 1. The summed E-state index contributed by atoms with van der Waals surface area (Å²) in [5.74, 6) is 0.237. The zero-order valence-corrected chi connectivity index (χ0v) is 18.1. The third-order valence-electron chi connectivity index (χ3n) is 6.07. The third-order valence-corrected chi connectivity index (χ3v) is 6.07. The van der Waals surface area contributed by atoms with Crippen molar-refractivity contribution < 1.29 is 14.0 Å². The maximum Gasteiger partial charge on any atom is 0.249 e. The highest BCUT2D eigenvalue weighted by Gasteiger charge is 2.40. The van der Waals surface area contributed by atoms with Gasteiger partial charge in [0.1, 0.15) is 17.7 Å². The number of anilines is 3. The van der Waals surface area contributed by atoms with E-state index in [0.717, 1.165) is 31.2 Å². The second-order valence-corrected chi connectivity index (χ2v) is 8.69. The zero-order valence-electron chi connectivity index (χ0n) is 18.1. The maximum absolute atomic E-state index is 14.4. The summed E-state index contributed by atoms with van der Waals surface area (Å²) in [6, 6.07) is 4.58. The molecule has 1 saturated carbocycles. The van der Waals surface area contributed by atoms with Gasteiger partial charge in [-0.3, -0.25) is 14.9 Å². The van der Waals surface area contributed by atoms with Crippen molar-refractivity contribution in [1.29, 1.82) is 0 Å². The Kier molecular flexibility index (Phi) is 5.89. The number of imide groups is 1. The Hall–Kier alpha value is -3.03. The molecule has 2 fully saturated rings. The van der Waals surface area contributed by atoms with Crippen LogP contribution in [0.25, 0.3) is 0 Å². The molecule has 1 aromatic heterocycles. The minimum atomic E-state index is -0.570. The predicted octanol–water partition coefficient (Wildman–Crippen LogP) is 3.96. The Morgan fingerprint density at radius 2 is 1.97 bits per heavy atom. The fourth-order valence-electron chi connectivity index (χ4n) is 4.48. The molecule has 1 saturated heterocycles. The number of hydrogen-bond donors (Lipinski definition) is 2. The minimum absolute atomic E-state index is 0.0940. The van der Waals surface area contributed by atoms with Crippen molar-refractivity contribution in [2.75, 3.05) is 10.2 Å². The lowest BCUT2D eigenvalue weighted by molar-refractivity contribution is -0.125. The Labute approximate surface area is 181 Å². The lowest BCUT2D eigenvalue weighted by Crippen LogP contribution is -2.47. The highest BCUT2D eigenvalue weighted by Crippen LogP contribution is 2.33. The summed E-state index contributed by atoms with van der Waals surface area (Å²) in [6.07, 6.45) is 5.89. The second kappa shape index (κ2) is 8.61. The van der Waals surface area contributed by atoms with E-state index >= 15 is 0 Å². The van der Waals surface area contributed by atoms with Crippen LogP contribution in [0.4, 0.5) is 21.8 Å². The predicted molar refractivity (Wildman–Crippen MR) is 117 cm³/mol. The topological polar surface area (TPSA) is 87.2 Å². The normalized spacial score (nSPS) is 19.2. The van der Waals surface area contributed by atoms with Crippen molar-refractivity contribution in [3.8, 4) is 0 Å². The molecule has 1 aromatic carbocycles. The van der Waals surface area contributed by atoms with Gasteiger partial charge in [-0.05, 0) is 43.4 Å². The number of carbonyl (C=O) groups is 2. The summed E-state index contributed by atoms with van der Waals surface area (Å²) in [5, 5.41) is 5.49. The van der Waals surface area contributed by atoms with Crippen LogP contribution in [0.2, 0.25) is 0 Å². The molecule has 164 valence electrons. The van der Waals surface area contributed by atoms with Gasteiger partial charge in [-0.2, -0.15) is 4.98 Å². The Morgan fingerprint density at radius 1 is 1.23 bits per heavy atom. The van der Waals surface area contributed by atoms with E-state index in [1.807, 2.05) is 25.7 Å². The summed E-state index contributed by atoms with van der Waals surface area (Å²) in [7, 11) is 0. The van der Waals surface area contributed by atoms with Crippen LogP contribution in [-0.2, 0) is 9.59 Å². The molecule has 0 radical (unpaired) electrons. The van der Waals surface area contributed by atoms with Crippen LogP contribution in [0.15, 0.2) is 24.4 Å². The van der Waals surface area contributed by atoms with Crippen molar-refractivity contribution in [3.63, 3.8) is 0 Å². The standard InChI is InChI=1S/C23H28FN5O2/c1-13(2)17-9-8-15(10-18(17)24)26-23-25-12-14(3)21(28-23)29(16-6-4-5-7-16)19-11-20(30)27-22(19)31/h8-10,12-13,16,19H,4-7,11H2,1-3H3,(H,25,26,28)(H,27,30,31). The molecule has 1 unspecified atom stereocenters. The van der Waals surface area contributed by atoms with E-state index < -0.39 is 6.04 Å². The van der Waals surface area contributed by atoms with E-state index in [0.29, 0.717) is 23.0 Å². The summed E-state index contributed by atoms with van der Waals surface area (Å²) in [6.45, 7) is 5.79. The molecule has 1 aliphatic heterocycles. The first kappa shape index (κ1) is 21.2. The first-order valence-corrected chi connectivity index (χ1v) is 10.9. The lowest BCUT2D eigenvalue weighted by Gasteiger charge is -2.34. The fourth-order valence-corrected chi connectivity index (χ4v) is 4.48. The molecule has 0 spiro atoms. The van der Waals surface area contributed by atoms with Gasteiger partial charge in [0.25, 0.3) is 0 Å². The van der Waals surface area contributed by atoms with E-state index in [1.54, 1.807) is 18.3 Å². The van der Waals surface area contributed by atoms with Crippen molar-refractivity contribution in [2.24, 2.45) is 0 Å². The largest absolute Gasteiger partial charge is 0.341 e. The van der Waals surface area contributed by atoms with Gasteiger partial charge < -0.3 is 10.2 Å². The van der Waals surface area contributed by atoms with Gasteiger partial charge in [-0.1, -0.05) is 32.8 Å². The number of amides is 2. The zero-order chi connectivity index (χ0) is 22.1. The highest BCUT2D eigenvalue weighted by molar-refractivity contribution is 6.07. The molecule has 1 aliphatic carbocycles. The molecule has 2 heterocycles. The molecule has 2 amide bonds. The first-order valence-electron chi connectivity index (χ1n) is 10.9. The summed E-state index contributed by atoms with van der Waals surface area (Å²) < 4.78 is 14.4. The average molecular weight is 426 g/mol. The number of nitrogens with zero attached hydrogens (tertiary/aromatic N) is 3. The minimum Gasteiger partial charge on any atom is -0.341 e. The summed E-state index contributed by atoms with van der Waals surface area (Å²) in [4.78, 5) is 35.4. The molecule has 2 aliphatic rings. The number of hydrogen-bond acceptors (Lipinski definition) is 6. The number of carbonyl (C=O) groups excluding carboxylic acids is 2. The van der Waals surface area contributed by atoms with E-state index in [4.69, 9.17) is 4.98 Å². The van der Waals surface area contributed by atoms with Crippen molar-refractivity contribution in [2.45, 2.75) is 70.9 Å². The van der Waals surface area contributed by atoms with E-state index in [2.05, 4.69) is 15.6 Å². The number of aryl methyl sites for hydroxylation is 1. The van der Waals surface area contributed by atoms with Gasteiger partial charge in [-0.25, -0.2) is 9.37 Å². The van der Waals surface area contributed by atoms with Gasteiger partial charge in [0.15, 0.2) is 0 Å². The number of aromatic nitrogens is 2. The lowest BCUT2D eigenvalue weighted by atomic mass is 10.0. The fraction of sp³-hybridized carbons (Fsp3) is 0.478. The number of rotatable bonds is 6. The molecule has 7 nitrogen and oxygen atoms in total. The molecule has 1 atom stereocenters. The van der Waals surface area contributed by atoms with Crippen molar-refractivity contribution in [3.05, 3.63) is 41.3 Å². The second-order valence-electron chi connectivity index (χ2n) is 8.69. The average Bonchev–Trinajstić information content (AvgIpc) is 3.34. The van der Waals surface area contributed by atoms with Crippen LogP contribution in [-0.4, -0.2) is 33.9 Å². The van der Waals surface area contributed by atoms with Gasteiger partial charge in [-0.15, -0.1) is 0 Å². The Bertz CT molecular complexity index is 1000. The molecular formula is C23H28FN5O2. The number of nitrogens with one attached hydrogen (secondary N) is 2. The molecule has 4 rings (SSSR count). The van der Waals surface area contributed by atoms with Gasteiger partial charge >= 0.3 is 0 Å². The summed E-state index contributed by atoms with van der Waals surface area (Å²) in [5.41, 5.74) is 2.03. The van der Waals surface area contributed by atoms with Gasteiger partial charge in [0, 0.05) is 23.5 Å². The molecule has 2 N–H and O–H groups in total. The van der Waals surface area contributed by atoms with Gasteiger partial charge in [0.05, 0.1) is 6.42 Å². The quantitative estimate of drug-likeness (QED) is 0.682. The molecule has 0 bridgehead atoms. The van der Waals surface area contributed by atoms with Crippen LogP contribution >= 0.6 is 0 Å². The summed E-state index contributed by atoms with van der Waals surface area (Å²) >= 11 is 0. The Balaban J connectivity index is 1.66. The maximum atomic E-state index is 14.4. The molecule has 8 heteroatoms. The van der Waals surface area contributed by atoms with Crippen LogP contribution < -0.4 is 15.5 Å². The van der Waals surface area contributed by atoms with Gasteiger partial charge in [0.2, 0.25) is 17.8 Å². The number of benzene rings is 1. The molecule has 31 heavy (non-hydrogen) atoms. The van der Waals surface area contributed by atoms with Crippen LogP contribution in [0.5, 0.6) is 0 Å². The monoisotopic (exact) mass is 425 g/mol. The van der Waals surface area contributed by atoms with E-state index in [-0.39, 0.29) is 36.0 Å². The van der Waals surface area contributed by atoms with E-state index in [1.165, 1.54) is 6.07 Å². The Morgan fingerprint density at radius 3 is 2.58 bits per heavy atom. The van der Waals surface area contributed by atoms with Crippen LogP contribution in [0.1, 0.15) is 63.0 Å².